The summed E-state index contributed by atoms with van der Waals surface area (Å²) in [5, 5.41) is 9.77. The summed E-state index contributed by atoms with van der Waals surface area (Å²) in [6.45, 7) is 5.82. The number of carboxylic acid groups (broad SMARTS) is 1. The number of piperidine rings is 1. The fourth-order valence-corrected chi connectivity index (χ4v) is 4.95. The van der Waals surface area contributed by atoms with Gasteiger partial charge >= 0.3 is 5.97 Å². The molecule has 2 heterocycles. The maximum atomic E-state index is 13.1. The summed E-state index contributed by atoms with van der Waals surface area (Å²) in [7, 11) is 0. The standard InChI is InChI=1S/C23H30N2O4/c1-15-3-4-16(2)18(11-15)12-20(26)25-14-23(13-19(25)22(28)29)7-9-24(10-8-23)21(27)17-5-6-17/h3-4,11,17,19H,5-10,12-14H2,1-2H3,(H,28,29). The largest absolute Gasteiger partial charge is 0.480 e. The van der Waals surface area contributed by atoms with Gasteiger partial charge in [-0.1, -0.05) is 23.8 Å². The maximum absolute atomic E-state index is 13.1. The van der Waals surface area contributed by atoms with E-state index in [0.717, 1.165) is 42.4 Å². The Kier molecular flexibility index (Phi) is 5.13. The fourth-order valence-electron chi connectivity index (χ4n) is 4.95. The van der Waals surface area contributed by atoms with E-state index >= 15 is 0 Å². The minimum Gasteiger partial charge on any atom is -0.480 e. The van der Waals surface area contributed by atoms with Crippen molar-refractivity contribution in [1.82, 2.24) is 9.80 Å². The fraction of sp³-hybridized carbons (Fsp3) is 0.609. The Morgan fingerprint density at radius 2 is 1.83 bits per heavy atom. The molecule has 1 aliphatic carbocycles. The quantitative estimate of drug-likeness (QED) is 0.846. The van der Waals surface area contributed by atoms with Gasteiger partial charge in [0.2, 0.25) is 11.8 Å². The van der Waals surface area contributed by atoms with E-state index in [1.54, 1.807) is 4.90 Å². The number of aryl methyl sites for hydroxylation is 2. The molecule has 1 unspecified atom stereocenters. The van der Waals surface area contributed by atoms with Gasteiger partial charge in [-0.3, -0.25) is 9.59 Å². The predicted molar refractivity (Wildman–Crippen MR) is 108 cm³/mol. The molecule has 3 fully saturated rings. The normalized spacial score (nSPS) is 23.4. The Morgan fingerprint density at radius 1 is 1.14 bits per heavy atom. The lowest BCUT2D eigenvalue weighted by molar-refractivity contribution is -0.148. The van der Waals surface area contributed by atoms with E-state index in [4.69, 9.17) is 0 Å². The topological polar surface area (TPSA) is 77.9 Å². The third kappa shape index (κ3) is 4.02. The van der Waals surface area contributed by atoms with Gasteiger partial charge in [0.15, 0.2) is 0 Å². The summed E-state index contributed by atoms with van der Waals surface area (Å²) < 4.78 is 0. The molecule has 1 saturated carbocycles. The second-order valence-electron chi connectivity index (χ2n) is 9.29. The Balaban J connectivity index is 1.46. The number of aliphatic carboxylic acids is 1. The van der Waals surface area contributed by atoms with Crippen LogP contribution in [0.25, 0.3) is 0 Å². The molecular formula is C23H30N2O4. The van der Waals surface area contributed by atoms with E-state index in [0.29, 0.717) is 26.1 Å². The van der Waals surface area contributed by atoms with E-state index in [9.17, 15) is 19.5 Å². The average Bonchev–Trinajstić information content (AvgIpc) is 3.47. The minimum atomic E-state index is -0.923. The van der Waals surface area contributed by atoms with E-state index in [1.807, 2.05) is 36.9 Å². The molecule has 0 aromatic heterocycles. The van der Waals surface area contributed by atoms with Crippen LogP contribution in [0, 0.1) is 25.2 Å². The van der Waals surface area contributed by atoms with Crippen LogP contribution in [0.15, 0.2) is 18.2 Å². The first-order valence-corrected chi connectivity index (χ1v) is 10.7. The summed E-state index contributed by atoms with van der Waals surface area (Å²) in [6.07, 6.45) is 4.29. The predicted octanol–water partition coefficient (Wildman–Crippen LogP) is 2.55. The second-order valence-corrected chi connectivity index (χ2v) is 9.29. The highest BCUT2D eigenvalue weighted by Crippen LogP contribution is 2.44. The first-order valence-electron chi connectivity index (χ1n) is 10.7. The number of carbonyl (C=O) groups is 3. The van der Waals surface area contributed by atoms with Crippen molar-refractivity contribution in [2.24, 2.45) is 11.3 Å². The number of rotatable bonds is 4. The zero-order chi connectivity index (χ0) is 20.8. The van der Waals surface area contributed by atoms with Crippen molar-refractivity contribution in [2.45, 2.75) is 58.4 Å². The molecular weight excluding hydrogens is 368 g/mol. The molecule has 1 aromatic carbocycles. The lowest BCUT2D eigenvalue weighted by Crippen LogP contribution is -2.45. The molecule has 4 rings (SSSR count). The Bertz CT molecular complexity index is 837. The van der Waals surface area contributed by atoms with Crippen molar-refractivity contribution >= 4 is 17.8 Å². The van der Waals surface area contributed by atoms with Crippen molar-refractivity contribution < 1.29 is 19.5 Å². The molecule has 0 bridgehead atoms. The van der Waals surface area contributed by atoms with E-state index in [-0.39, 0.29) is 29.6 Å². The average molecular weight is 399 g/mol. The van der Waals surface area contributed by atoms with Crippen LogP contribution in [-0.4, -0.2) is 58.4 Å². The monoisotopic (exact) mass is 398 g/mol. The molecule has 1 atom stereocenters. The van der Waals surface area contributed by atoms with Gasteiger partial charge in [-0.15, -0.1) is 0 Å². The molecule has 2 saturated heterocycles. The number of carbonyl (C=O) groups excluding carboxylic acids is 2. The minimum absolute atomic E-state index is 0.112. The number of likely N-dealkylation sites (tertiary alicyclic amines) is 2. The molecule has 1 N–H and O–H groups in total. The van der Waals surface area contributed by atoms with Crippen molar-refractivity contribution in [2.75, 3.05) is 19.6 Å². The highest BCUT2D eigenvalue weighted by molar-refractivity contribution is 5.86. The molecule has 29 heavy (non-hydrogen) atoms. The van der Waals surface area contributed by atoms with Gasteiger partial charge in [0.1, 0.15) is 6.04 Å². The van der Waals surface area contributed by atoms with Crippen LogP contribution in [0.5, 0.6) is 0 Å². The maximum Gasteiger partial charge on any atom is 0.326 e. The lowest BCUT2D eigenvalue weighted by Gasteiger charge is -2.39. The molecule has 1 aromatic rings. The van der Waals surface area contributed by atoms with Crippen molar-refractivity contribution in [3.8, 4) is 0 Å². The molecule has 6 nitrogen and oxygen atoms in total. The SMILES string of the molecule is Cc1ccc(C)c(CC(=O)N2CC3(CCN(C(=O)C4CC4)CC3)CC2C(=O)O)c1. The van der Waals surface area contributed by atoms with Gasteiger partial charge in [0.25, 0.3) is 0 Å². The zero-order valence-corrected chi connectivity index (χ0v) is 17.3. The van der Waals surface area contributed by atoms with Gasteiger partial charge in [0, 0.05) is 25.6 Å². The number of hydrogen-bond donors (Lipinski definition) is 1. The van der Waals surface area contributed by atoms with Crippen LogP contribution >= 0.6 is 0 Å². The van der Waals surface area contributed by atoms with Crippen molar-refractivity contribution in [3.05, 3.63) is 34.9 Å². The number of benzene rings is 1. The Hall–Kier alpha value is -2.37. The Morgan fingerprint density at radius 3 is 2.45 bits per heavy atom. The van der Waals surface area contributed by atoms with Crippen LogP contribution in [0.4, 0.5) is 0 Å². The van der Waals surface area contributed by atoms with Crippen LogP contribution < -0.4 is 0 Å². The first kappa shape index (κ1) is 19.9. The molecule has 1 spiro atoms. The highest BCUT2D eigenvalue weighted by atomic mass is 16.4. The lowest BCUT2D eigenvalue weighted by atomic mass is 9.76. The van der Waals surface area contributed by atoms with Crippen LogP contribution in [0.3, 0.4) is 0 Å². The summed E-state index contributed by atoms with van der Waals surface area (Å²) in [5.74, 6) is -0.558. The second kappa shape index (κ2) is 7.47. The van der Waals surface area contributed by atoms with Gasteiger partial charge in [0.05, 0.1) is 6.42 Å². The molecule has 2 aliphatic heterocycles. The van der Waals surface area contributed by atoms with Crippen molar-refractivity contribution in [1.29, 1.82) is 0 Å². The third-order valence-corrected chi connectivity index (χ3v) is 7.02. The molecule has 6 heteroatoms. The smallest absolute Gasteiger partial charge is 0.326 e. The number of hydrogen-bond acceptors (Lipinski definition) is 3. The van der Waals surface area contributed by atoms with Gasteiger partial charge in [-0.25, -0.2) is 4.79 Å². The van der Waals surface area contributed by atoms with Crippen LogP contribution in [0.2, 0.25) is 0 Å². The van der Waals surface area contributed by atoms with Crippen molar-refractivity contribution in [3.63, 3.8) is 0 Å². The summed E-state index contributed by atoms with van der Waals surface area (Å²) >= 11 is 0. The number of nitrogens with zero attached hydrogens (tertiary/aromatic N) is 2. The number of amides is 2. The first-order chi connectivity index (χ1) is 13.8. The van der Waals surface area contributed by atoms with E-state index < -0.39 is 12.0 Å². The van der Waals surface area contributed by atoms with Crippen LogP contribution in [-0.2, 0) is 20.8 Å². The van der Waals surface area contributed by atoms with Crippen LogP contribution in [0.1, 0.15) is 48.8 Å². The molecule has 156 valence electrons. The Labute approximate surface area is 171 Å². The van der Waals surface area contributed by atoms with Gasteiger partial charge in [-0.2, -0.15) is 0 Å². The summed E-state index contributed by atoms with van der Waals surface area (Å²) in [4.78, 5) is 40.9. The highest BCUT2D eigenvalue weighted by Gasteiger charge is 2.50. The zero-order valence-electron chi connectivity index (χ0n) is 17.3. The van der Waals surface area contributed by atoms with Gasteiger partial charge in [-0.05, 0) is 62.5 Å². The summed E-state index contributed by atoms with van der Waals surface area (Å²) in [5.41, 5.74) is 2.93. The summed E-state index contributed by atoms with van der Waals surface area (Å²) in [6, 6.07) is 5.27. The molecule has 0 radical (unpaired) electrons. The molecule has 2 amide bonds. The third-order valence-electron chi connectivity index (χ3n) is 7.02. The number of carboxylic acids is 1. The van der Waals surface area contributed by atoms with E-state index in [2.05, 4.69) is 0 Å². The molecule has 3 aliphatic rings. The van der Waals surface area contributed by atoms with E-state index in [1.165, 1.54) is 0 Å². The van der Waals surface area contributed by atoms with Gasteiger partial charge < -0.3 is 14.9 Å².